The standard InChI is InChI=1S/C19H20FN3O3/c1-3-19-10-22(6-7-23(19)18(25)26-11-19)17(24)15-8-12(2)21-16-5-4-13(20)9-14(15)16/h4-5,8-9H,3,6-7,10-11H2,1-2H3. The first-order valence-corrected chi connectivity index (χ1v) is 8.74. The molecular weight excluding hydrogens is 337 g/mol. The van der Waals surface area contributed by atoms with E-state index < -0.39 is 11.4 Å². The maximum absolute atomic E-state index is 13.7. The molecule has 0 bridgehead atoms. The van der Waals surface area contributed by atoms with Crippen LogP contribution in [0.25, 0.3) is 10.9 Å². The molecule has 0 N–H and O–H groups in total. The monoisotopic (exact) mass is 357 g/mol. The van der Waals surface area contributed by atoms with Crippen molar-refractivity contribution in [3.8, 4) is 0 Å². The molecule has 4 rings (SSSR count). The third kappa shape index (κ3) is 2.50. The molecule has 0 radical (unpaired) electrons. The van der Waals surface area contributed by atoms with Crippen LogP contribution in [0.1, 0.15) is 29.4 Å². The van der Waals surface area contributed by atoms with Gasteiger partial charge in [0.15, 0.2) is 0 Å². The van der Waals surface area contributed by atoms with Gasteiger partial charge in [0, 0.05) is 30.7 Å². The molecule has 0 saturated carbocycles. The lowest BCUT2D eigenvalue weighted by Crippen LogP contribution is -2.62. The van der Waals surface area contributed by atoms with E-state index in [-0.39, 0.29) is 18.6 Å². The maximum atomic E-state index is 13.7. The van der Waals surface area contributed by atoms with E-state index in [0.29, 0.717) is 48.2 Å². The first-order chi connectivity index (χ1) is 12.4. The van der Waals surface area contributed by atoms with Crippen molar-refractivity contribution in [1.82, 2.24) is 14.8 Å². The molecule has 1 aromatic heterocycles. The van der Waals surface area contributed by atoms with Crippen molar-refractivity contribution in [2.75, 3.05) is 26.2 Å². The van der Waals surface area contributed by atoms with E-state index in [0.717, 1.165) is 0 Å². The van der Waals surface area contributed by atoms with Gasteiger partial charge in [-0.15, -0.1) is 0 Å². The van der Waals surface area contributed by atoms with Crippen molar-refractivity contribution in [1.29, 1.82) is 0 Å². The minimum absolute atomic E-state index is 0.169. The summed E-state index contributed by atoms with van der Waals surface area (Å²) < 4.78 is 19.0. The summed E-state index contributed by atoms with van der Waals surface area (Å²) in [6, 6.07) is 5.98. The third-order valence-electron chi connectivity index (χ3n) is 5.41. The number of rotatable bonds is 2. The number of pyridine rings is 1. The van der Waals surface area contributed by atoms with E-state index >= 15 is 0 Å². The van der Waals surface area contributed by atoms with Gasteiger partial charge in [-0.2, -0.15) is 0 Å². The molecule has 1 atom stereocenters. The Labute approximate surface area is 150 Å². The molecule has 2 fully saturated rings. The van der Waals surface area contributed by atoms with Gasteiger partial charge in [0.25, 0.3) is 5.91 Å². The van der Waals surface area contributed by atoms with Crippen molar-refractivity contribution in [3.63, 3.8) is 0 Å². The fraction of sp³-hybridized carbons (Fsp3) is 0.421. The fourth-order valence-electron chi connectivity index (χ4n) is 3.92. The smallest absolute Gasteiger partial charge is 0.410 e. The number of piperazine rings is 1. The molecule has 2 aliphatic rings. The summed E-state index contributed by atoms with van der Waals surface area (Å²) in [6.07, 6.45) is 0.388. The van der Waals surface area contributed by atoms with Gasteiger partial charge >= 0.3 is 6.09 Å². The van der Waals surface area contributed by atoms with E-state index in [9.17, 15) is 14.0 Å². The van der Waals surface area contributed by atoms with Gasteiger partial charge in [-0.05, 0) is 37.6 Å². The quantitative estimate of drug-likeness (QED) is 0.829. The second-order valence-corrected chi connectivity index (χ2v) is 6.98. The largest absolute Gasteiger partial charge is 0.447 e. The van der Waals surface area contributed by atoms with E-state index in [4.69, 9.17) is 4.74 Å². The molecule has 0 aliphatic carbocycles. The highest BCUT2D eigenvalue weighted by Gasteiger charge is 2.50. The first-order valence-electron chi connectivity index (χ1n) is 8.74. The van der Waals surface area contributed by atoms with Gasteiger partial charge in [-0.1, -0.05) is 6.92 Å². The van der Waals surface area contributed by atoms with Crippen LogP contribution in [0.2, 0.25) is 0 Å². The van der Waals surface area contributed by atoms with Crippen LogP contribution in [0.5, 0.6) is 0 Å². The normalized spacial score (nSPS) is 22.5. The predicted molar refractivity (Wildman–Crippen MR) is 93.4 cm³/mol. The zero-order valence-electron chi connectivity index (χ0n) is 14.8. The highest BCUT2D eigenvalue weighted by Crippen LogP contribution is 2.33. The Morgan fingerprint density at radius 1 is 1.35 bits per heavy atom. The lowest BCUT2D eigenvalue weighted by Gasteiger charge is -2.44. The van der Waals surface area contributed by atoms with Crippen LogP contribution in [0.4, 0.5) is 9.18 Å². The number of carbonyl (C=O) groups excluding carboxylic acids is 2. The lowest BCUT2D eigenvalue weighted by molar-refractivity contribution is 0.0363. The van der Waals surface area contributed by atoms with E-state index in [1.807, 2.05) is 13.8 Å². The second kappa shape index (κ2) is 5.93. The van der Waals surface area contributed by atoms with Gasteiger partial charge < -0.3 is 9.64 Å². The van der Waals surface area contributed by atoms with Crippen molar-refractivity contribution >= 4 is 22.9 Å². The first kappa shape index (κ1) is 16.8. The van der Waals surface area contributed by atoms with E-state index in [2.05, 4.69) is 4.98 Å². The van der Waals surface area contributed by atoms with Crippen LogP contribution in [0.15, 0.2) is 24.3 Å². The predicted octanol–water partition coefficient (Wildman–Crippen LogP) is 2.74. The van der Waals surface area contributed by atoms with E-state index in [1.165, 1.54) is 12.1 Å². The molecule has 1 unspecified atom stereocenters. The van der Waals surface area contributed by atoms with Crippen molar-refractivity contribution < 1.29 is 18.7 Å². The molecule has 0 spiro atoms. The number of fused-ring (bicyclic) bond motifs is 2. The Bertz CT molecular complexity index is 916. The number of benzene rings is 1. The van der Waals surface area contributed by atoms with Crippen LogP contribution in [-0.4, -0.2) is 58.6 Å². The Morgan fingerprint density at radius 3 is 2.92 bits per heavy atom. The molecule has 2 aromatic rings. The number of hydrogen-bond acceptors (Lipinski definition) is 4. The minimum Gasteiger partial charge on any atom is -0.447 e. The summed E-state index contributed by atoms with van der Waals surface area (Å²) in [7, 11) is 0. The summed E-state index contributed by atoms with van der Waals surface area (Å²) in [6.45, 7) is 5.37. The summed E-state index contributed by atoms with van der Waals surface area (Å²) in [4.78, 5) is 33.0. The average molecular weight is 357 g/mol. The molecule has 2 saturated heterocycles. The maximum Gasteiger partial charge on any atom is 0.410 e. The third-order valence-corrected chi connectivity index (χ3v) is 5.41. The molecule has 2 amide bonds. The molecule has 136 valence electrons. The molecule has 2 aliphatic heterocycles. The number of amides is 2. The summed E-state index contributed by atoms with van der Waals surface area (Å²) >= 11 is 0. The van der Waals surface area contributed by atoms with Crippen molar-refractivity contribution in [3.05, 3.63) is 41.3 Å². The molecule has 26 heavy (non-hydrogen) atoms. The number of hydrogen-bond donors (Lipinski definition) is 0. The number of ether oxygens (including phenoxy) is 1. The summed E-state index contributed by atoms with van der Waals surface area (Å²) in [5.74, 6) is -0.570. The number of aryl methyl sites for hydroxylation is 1. The van der Waals surface area contributed by atoms with Crippen molar-refractivity contribution in [2.24, 2.45) is 0 Å². The molecule has 1 aromatic carbocycles. The Balaban J connectivity index is 1.72. The van der Waals surface area contributed by atoms with Gasteiger partial charge in [0.2, 0.25) is 0 Å². The number of aromatic nitrogens is 1. The van der Waals surface area contributed by atoms with Gasteiger partial charge in [0.1, 0.15) is 12.4 Å². The average Bonchev–Trinajstić information content (AvgIpc) is 2.97. The van der Waals surface area contributed by atoms with Crippen LogP contribution in [-0.2, 0) is 4.74 Å². The SMILES string of the molecule is CCC12COC(=O)N1CCN(C(=O)c1cc(C)nc3ccc(F)cc13)C2. The highest BCUT2D eigenvalue weighted by molar-refractivity contribution is 6.06. The number of cyclic esters (lactones) is 1. The lowest BCUT2D eigenvalue weighted by atomic mass is 9.92. The number of carbonyl (C=O) groups is 2. The van der Waals surface area contributed by atoms with Crippen LogP contribution >= 0.6 is 0 Å². The Kier molecular flexibility index (Phi) is 3.82. The van der Waals surface area contributed by atoms with Crippen LogP contribution in [0.3, 0.4) is 0 Å². The molecule has 7 heteroatoms. The topological polar surface area (TPSA) is 62.7 Å². The minimum atomic E-state index is -0.478. The van der Waals surface area contributed by atoms with E-state index in [1.54, 1.807) is 21.9 Å². The van der Waals surface area contributed by atoms with Gasteiger partial charge in [-0.3, -0.25) is 14.7 Å². The van der Waals surface area contributed by atoms with Gasteiger partial charge in [0.05, 0.1) is 16.6 Å². The molecular formula is C19H20FN3O3. The van der Waals surface area contributed by atoms with Crippen molar-refractivity contribution in [2.45, 2.75) is 25.8 Å². The number of halogens is 1. The summed E-state index contributed by atoms with van der Waals surface area (Å²) in [5, 5.41) is 0.507. The zero-order chi connectivity index (χ0) is 18.5. The summed E-state index contributed by atoms with van der Waals surface area (Å²) in [5.41, 5.74) is 1.26. The molecule has 6 nitrogen and oxygen atoms in total. The van der Waals surface area contributed by atoms with Gasteiger partial charge in [-0.25, -0.2) is 9.18 Å². The Morgan fingerprint density at radius 2 is 2.15 bits per heavy atom. The number of nitrogens with zero attached hydrogens (tertiary/aromatic N) is 3. The Hall–Kier alpha value is -2.70. The van der Waals surface area contributed by atoms with Crippen LogP contribution in [0, 0.1) is 12.7 Å². The fourth-order valence-corrected chi connectivity index (χ4v) is 3.92. The highest BCUT2D eigenvalue weighted by atomic mass is 19.1. The second-order valence-electron chi connectivity index (χ2n) is 6.98. The van der Waals surface area contributed by atoms with Crippen LogP contribution < -0.4 is 0 Å². The molecule has 3 heterocycles. The zero-order valence-corrected chi connectivity index (χ0v) is 14.8.